The lowest BCUT2D eigenvalue weighted by Crippen LogP contribution is -2.30. The summed E-state index contributed by atoms with van der Waals surface area (Å²) in [7, 11) is -3.67. The predicted molar refractivity (Wildman–Crippen MR) is 101 cm³/mol. The molecule has 0 saturated carbocycles. The maximum absolute atomic E-state index is 12.5. The van der Waals surface area contributed by atoms with Crippen LogP contribution in [0.3, 0.4) is 0 Å². The topological polar surface area (TPSA) is 119 Å². The van der Waals surface area contributed by atoms with Crippen molar-refractivity contribution in [2.45, 2.75) is 18.7 Å². The number of phenols is 2. The predicted octanol–water partition coefficient (Wildman–Crippen LogP) is 1.89. The zero-order chi connectivity index (χ0) is 20.0. The van der Waals surface area contributed by atoms with Crippen LogP contribution in [0.25, 0.3) is 0 Å². The van der Waals surface area contributed by atoms with Crippen molar-refractivity contribution in [2.75, 3.05) is 13.1 Å². The highest BCUT2D eigenvalue weighted by Crippen LogP contribution is 2.24. The zero-order valence-electron chi connectivity index (χ0n) is 15.0. The Morgan fingerprint density at radius 2 is 1.81 bits per heavy atom. The number of benzene rings is 2. The number of phenolic OH excluding ortho intramolecular Hbond substituents is 2. The van der Waals surface area contributed by atoms with Crippen LogP contribution in [0, 0.1) is 0 Å². The van der Waals surface area contributed by atoms with Crippen LogP contribution in [-0.2, 0) is 10.0 Å². The fraction of sp³-hybridized carbons (Fsp3) is 0.222. The van der Waals surface area contributed by atoms with E-state index in [1.807, 2.05) is 0 Å². The van der Waals surface area contributed by atoms with Crippen molar-refractivity contribution in [3.8, 4) is 11.5 Å². The zero-order valence-corrected chi connectivity index (χ0v) is 15.8. The van der Waals surface area contributed by atoms with Crippen LogP contribution < -0.4 is 5.43 Å². The molecule has 0 fully saturated rings. The summed E-state index contributed by atoms with van der Waals surface area (Å²) in [6.07, 6.45) is 1.29. The van der Waals surface area contributed by atoms with Crippen LogP contribution in [0.15, 0.2) is 52.5 Å². The second kappa shape index (κ2) is 8.65. The van der Waals surface area contributed by atoms with Gasteiger partial charge in [0.15, 0.2) is 11.5 Å². The highest BCUT2D eigenvalue weighted by molar-refractivity contribution is 7.89. The molecule has 8 nitrogen and oxygen atoms in total. The van der Waals surface area contributed by atoms with Gasteiger partial charge in [0.05, 0.1) is 11.1 Å². The number of aromatic hydroxyl groups is 2. The van der Waals surface area contributed by atoms with Gasteiger partial charge in [-0.05, 0) is 42.0 Å². The molecule has 9 heteroatoms. The van der Waals surface area contributed by atoms with E-state index in [-0.39, 0.29) is 22.0 Å². The van der Waals surface area contributed by atoms with Crippen molar-refractivity contribution >= 4 is 22.1 Å². The summed E-state index contributed by atoms with van der Waals surface area (Å²) < 4.78 is 26.4. The van der Waals surface area contributed by atoms with E-state index < -0.39 is 15.9 Å². The molecule has 2 aromatic carbocycles. The first-order valence-corrected chi connectivity index (χ1v) is 9.69. The highest BCUT2D eigenvalue weighted by Gasteiger charge is 2.22. The highest BCUT2D eigenvalue weighted by atomic mass is 32.2. The van der Waals surface area contributed by atoms with E-state index in [0.717, 1.165) is 0 Å². The maximum atomic E-state index is 12.5. The molecule has 0 atom stereocenters. The van der Waals surface area contributed by atoms with Crippen LogP contribution in [0.1, 0.15) is 29.8 Å². The molecule has 2 aromatic rings. The molecule has 0 radical (unpaired) electrons. The number of nitrogens with zero attached hydrogens (tertiary/aromatic N) is 2. The normalized spacial score (nSPS) is 11.8. The molecule has 0 unspecified atom stereocenters. The van der Waals surface area contributed by atoms with E-state index in [1.165, 1.54) is 53.0 Å². The molecule has 0 saturated heterocycles. The van der Waals surface area contributed by atoms with Gasteiger partial charge in [-0.1, -0.05) is 19.9 Å². The molecule has 144 valence electrons. The summed E-state index contributed by atoms with van der Waals surface area (Å²) in [5.41, 5.74) is 2.90. The monoisotopic (exact) mass is 391 g/mol. The fourth-order valence-electron chi connectivity index (χ4n) is 2.36. The first-order valence-electron chi connectivity index (χ1n) is 8.25. The van der Waals surface area contributed by atoms with Crippen LogP contribution in [0.4, 0.5) is 0 Å². The molecule has 0 spiro atoms. The third-order valence-corrected chi connectivity index (χ3v) is 5.86. The first-order chi connectivity index (χ1) is 12.8. The molecular weight excluding hydrogens is 370 g/mol. The first kappa shape index (κ1) is 20.4. The van der Waals surface area contributed by atoms with Crippen molar-refractivity contribution < 1.29 is 23.4 Å². The Morgan fingerprint density at radius 1 is 1.11 bits per heavy atom. The summed E-state index contributed by atoms with van der Waals surface area (Å²) in [6.45, 7) is 4.15. The molecule has 3 N–H and O–H groups in total. The van der Waals surface area contributed by atoms with E-state index in [2.05, 4.69) is 10.5 Å². The van der Waals surface area contributed by atoms with Crippen LogP contribution in [0.2, 0.25) is 0 Å². The summed E-state index contributed by atoms with van der Waals surface area (Å²) >= 11 is 0. The van der Waals surface area contributed by atoms with Gasteiger partial charge >= 0.3 is 0 Å². The van der Waals surface area contributed by atoms with E-state index in [1.54, 1.807) is 13.8 Å². The average molecular weight is 391 g/mol. The lowest BCUT2D eigenvalue weighted by Gasteiger charge is -2.18. The van der Waals surface area contributed by atoms with Gasteiger partial charge < -0.3 is 10.2 Å². The number of hydrazone groups is 1. The third-order valence-electron chi connectivity index (χ3n) is 3.82. The van der Waals surface area contributed by atoms with Crippen LogP contribution in [0.5, 0.6) is 11.5 Å². The van der Waals surface area contributed by atoms with Crippen molar-refractivity contribution in [3.63, 3.8) is 0 Å². The van der Waals surface area contributed by atoms with E-state index >= 15 is 0 Å². The van der Waals surface area contributed by atoms with E-state index in [4.69, 9.17) is 0 Å². The molecule has 0 aliphatic rings. The summed E-state index contributed by atoms with van der Waals surface area (Å²) in [6, 6.07) is 9.79. The van der Waals surface area contributed by atoms with Gasteiger partial charge in [-0.25, -0.2) is 13.8 Å². The van der Waals surface area contributed by atoms with Gasteiger partial charge in [0.1, 0.15) is 0 Å². The molecular formula is C18H21N3O5S. The number of hydrogen-bond donors (Lipinski definition) is 3. The summed E-state index contributed by atoms with van der Waals surface area (Å²) in [4.78, 5) is 12.3. The molecule has 2 rings (SSSR count). The Labute approximate surface area is 157 Å². The quantitative estimate of drug-likeness (QED) is 0.378. The molecule has 0 aliphatic heterocycles. The number of hydrogen-bond acceptors (Lipinski definition) is 6. The van der Waals surface area contributed by atoms with Gasteiger partial charge in [-0.3, -0.25) is 4.79 Å². The minimum Gasteiger partial charge on any atom is -0.504 e. The molecule has 0 heterocycles. The van der Waals surface area contributed by atoms with Gasteiger partial charge in [0.2, 0.25) is 10.0 Å². The Bertz CT molecular complexity index is 953. The van der Waals surface area contributed by atoms with Crippen LogP contribution >= 0.6 is 0 Å². The molecule has 27 heavy (non-hydrogen) atoms. The van der Waals surface area contributed by atoms with Crippen molar-refractivity contribution in [1.82, 2.24) is 9.73 Å². The Morgan fingerprint density at radius 3 is 2.44 bits per heavy atom. The van der Waals surface area contributed by atoms with Crippen molar-refractivity contribution in [1.29, 1.82) is 0 Å². The van der Waals surface area contributed by atoms with Gasteiger partial charge in [0, 0.05) is 18.7 Å². The average Bonchev–Trinajstić information content (AvgIpc) is 2.65. The second-order valence-corrected chi connectivity index (χ2v) is 7.50. The number of carbonyl (C=O) groups excluding carboxylic acids is 1. The fourth-order valence-corrected chi connectivity index (χ4v) is 3.87. The SMILES string of the molecule is CCN(CC)S(=O)(=O)c1cccc(C(=O)N/N=C/c2ccc(O)c(O)c2)c1. The second-order valence-electron chi connectivity index (χ2n) is 5.56. The lowest BCUT2D eigenvalue weighted by atomic mass is 10.2. The van der Waals surface area contributed by atoms with Crippen molar-refractivity contribution in [3.05, 3.63) is 53.6 Å². The summed E-state index contributed by atoms with van der Waals surface area (Å²) in [5, 5.41) is 22.4. The molecule has 1 amide bonds. The molecule has 0 aromatic heterocycles. The Hall–Kier alpha value is -2.91. The van der Waals surface area contributed by atoms with E-state index in [9.17, 15) is 23.4 Å². The third kappa shape index (κ3) is 4.83. The van der Waals surface area contributed by atoms with Gasteiger partial charge in [-0.15, -0.1) is 0 Å². The number of amides is 1. The minimum atomic E-state index is -3.67. The minimum absolute atomic E-state index is 0.0336. The molecule has 0 bridgehead atoms. The van der Waals surface area contributed by atoms with Crippen LogP contribution in [-0.4, -0.2) is 48.1 Å². The smallest absolute Gasteiger partial charge is 0.271 e. The standard InChI is InChI=1S/C18H21N3O5S/c1-3-21(4-2)27(25,26)15-7-5-6-14(11-15)18(24)20-19-12-13-8-9-16(22)17(23)10-13/h5-12,22-23H,3-4H2,1-2H3,(H,20,24)/b19-12+. The Kier molecular flexibility index (Phi) is 6.54. The summed E-state index contributed by atoms with van der Waals surface area (Å²) in [5.74, 6) is -1.15. The van der Waals surface area contributed by atoms with E-state index in [0.29, 0.717) is 18.7 Å². The van der Waals surface area contributed by atoms with Gasteiger partial charge in [0.25, 0.3) is 5.91 Å². The molecule has 0 aliphatic carbocycles. The number of carbonyl (C=O) groups is 1. The van der Waals surface area contributed by atoms with Gasteiger partial charge in [-0.2, -0.15) is 9.41 Å². The van der Waals surface area contributed by atoms with Crippen molar-refractivity contribution in [2.24, 2.45) is 5.10 Å². The Balaban J connectivity index is 2.15. The number of rotatable bonds is 7. The maximum Gasteiger partial charge on any atom is 0.271 e. The largest absolute Gasteiger partial charge is 0.504 e. The lowest BCUT2D eigenvalue weighted by molar-refractivity contribution is 0.0955. The number of sulfonamides is 1. The number of nitrogens with one attached hydrogen (secondary N) is 1.